The van der Waals surface area contributed by atoms with E-state index in [0.29, 0.717) is 44.7 Å². The van der Waals surface area contributed by atoms with Crippen LogP contribution in [0.2, 0.25) is 0 Å². The normalized spacial score (nSPS) is 19.1. The minimum absolute atomic E-state index is 0.104. The fourth-order valence-electron chi connectivity index (χ4n) is 6.49. The zero-order valence-electron chi connectivity index (χ0n) is 25.6. The number of amides is 1. The van der Waals surface area contributed by atoms with E-state index in [0.717, 1.165) is 23.2 Å². The van der Waals surface area contributed by atoms with Gasteiger partial charge in [-0.2, -0.15) is 4.31 Å². The smallest absolute Gasteiger partial charge is 0.248 e. The second-order valence-electron chi connectivity index (χ2n) is 12.0. The van der Waals surface area contributed by atoms with Gasteiger partial charge in [-0.15, -0.1) is 0 Å². The van der Waals surface area contributed by atoms with Crippen molar-refractivity contribution in [2.75, 3.05) is 37.6 Å². The molecule has 0 bridgehead atoms. The van der Waals surface area contributed by atoms with E-state index in [-0.39, 0.29) is 28.5 Å². The molecule has 5 rings (SSSR count). The van der Waals surface area contributed by atoms with Crippen LogP contribution in [0.1, 0.15) is 59.0 Å². The molecule has 0 N–H and O–H groups in total. The lowest BCUT2D eigenvalue weighted by Gasteiger charge is -2.43. The van der Waals surface area contributed by atoms with Gasteiger partial charge in [-0.1, -0.05) is 41.1 Å². The van der Waals surface area contributed by atoms with Gasteiger partial charge in [0.15, 0.2) is 10.7 Å². The lowest BCUT2D eigenvalue weighted by Crippen LogP contribution is -2.55. The lowest BCUT2D eigenvalue weighted by atomic mass is 9.95. The van der Waals surface area contributed by atoms with Crippen LogP contribution in [-0.2, 0) is 14.8 Å². The number of benzene rings is 2. The molecule has 1 aromatic heterocycles. The van der Waals surface area contributed by atoms with Gasteiger partial charge in [0.2, 0.25) is 15.9 Å². The highest BCUT2D eigenvalue weighted by Crippen LogP contribution is 2.31. The van der Waals surface area contributed by atoms with Crippen LogP contribution in [0.3, 0.4) is 0 Å². The van der Waals surface area contributed by atoms with Gasteiger partial charge in [-0.3, -0.25) is 4.79 Å². The first-order valence-electron chi connectivity index (χ1n) is 14.8. The molecular weight excluding hydrogens is 548 g/mol. The zero-order valence-corrected chi connectivity index (χ0v) is 26.4. The number of aromatic nitrogens is 1. The van der Waals surface area contributed by atoms with E-state index < -0.39 is 10.0 Å². The highest BCUT2D eigenvalue weighted by atomic mass is 32.2. The first-order chi connectivity index (χ1) is 20.0. The summed E-state index contributed by atoms with van der Waals surface area (Å²) in [6.45, 7) is 14.8. The maximum absolute atomic E-state index is 13.8. The Kier molecular flexibility index (Phi) is 8.62. The number of carbonyl (C=O) groups excluding carboxylic acids is 1. The van der Waals surface area contributed by atoms with Crippen molar-refractivity contribution in [2.24, 2.45) is 5.92 Å². The number of nitrogens with zero attached hydrogens (tertiary/aromatic N) is 4. The highest BCUT2D eigenvalue weighted by Gasteiger charge is 2.38. The van der Waals surface area contributed by atoms with Crippen molar-refractivity contribution in [3.8, 4) is 0 Å². The maximum Gasteiger partial charge on any atom is 0.248 e. The van der Waals surface area contributed by atoms with Crippen molar-refractivity contribution in [2.45, 2.75) is 65.3 Å². The average molecular weight is 591 g/mol. The molecule has 9 heteroatoms. The summed E-state index contributed by atoms with van der Waals surface area (Å²) in [6.07, 6.45) is 4.60. The molecule has 224 valence electrons. The van der Waals surface area contributed by atoms with E-state index in [1.807, 2.05) is 24.8 Å². The first kappa shape index (κ1) is 30.0. The number of carbonyl (C=O) groups is 1. The molecule has 3 heterocycles. The van der Waals surface area contributed by atoms with Crippen LogP contribution >= 0.6 is 0 Å². The van der Waals surface area contributed by atoms with E-state index in [1.165, 1.54) is 21.1 Å². The summed E-state index contributed by atoms with van der Waals surface area (Å²) in [5, 5.41) is 4.00. The molecule has 2 aliphatic rings. The minimum atomic E-state index is -3.84. The van der Waals surface area contributed by atoms with Crippen LogP contribution < -0.4 is 4.90 Å². The van der Waals surface area contributed by atoms with Crippen LogP contribution in [-0.4, -0.2) is 67.5 Å². The molecule has 1 amide bonds. The summed E-state index contributed by atoms with van der Waals surface area (Å²) in [6, 6.07) is 12.9. The summed E-state index contributed by atoms with van der Waals surface area (Å²) < 4.78 is 34.5. The lowest BCUT2D eigenvalue weighted by molar-refractivity contribution is -0.137. The van der Waals surface area contributed by atoms with Gasteiger partial charge in [0.05, 0.1) is 0 Å². The number of anilines is 1. The van der Waals surface area contributed by atoms with Crippen molar-refractivity contribution in [3.63, 3.8) is 0 Å². The van der Waals surface area contributed by atoms with E-state index in [1.54, 1.807) is 13.0 Å². The van der Waals surface area contributed by atoms with Crippen molar-refractivity contribution in [3.05, 3.63) is 75.7 Å². The summed E-state index contributed by atoms with van der Waals surface area (Å²) in [5.41, 5.74) is 7.19. The van der Waals surface area contributed by atoms with E-state index in [4.69, 9.17) is 4.52 Å². The maximum atomic E-state index is 13.8. The third-order valence-electron chi connectivity index (χ3n) is 8.65. The van der Waals surface area contributed by atoms with E-state index in [2.05, 4.69) is 67.2 Å². The van der Waals surface area contributed by atoms with Crippen molar-refractivity contribution < 1.29 is 17.7 Å². The molecule has 0 radical (unpaired) electrons. The van der Waals surface area contributed by atoms with Gasteiger partial charge in [0, 0.05) is 50.4 Å². The first-order valence-corrected chi connectivity index (χ1v) is 16.2. The predicted octanol–water partition coefficient (Wildman–Crippen LogP) is 5.53. The monoisotopic (exact) mass is 590 g/mol. The third kappa shape index (κ3) is 6.03. The summed E-state index contributed by atoms with van der Waals surface area (Å²) in [5.74, 6) is 0.187. The zero-order chi connectivity index (χ0) is 30.2. The molecule has 2 saturated heterocycles. The number of rotatable bonds is 6. The minimum Gasteiger partial charge on any atom is -0.365 e. The van der Waals surface area contributed by atoms with E-state index >= 15 is 0 Å². The Balaban J connectivity index is 1.24. The Morgan fingerprint density at radius 2 is 1.62 bits per heavy atom. The van der Waals surface area contributed by atoms with Crippen LogP contribution in [0.5, 0.6) is 0 Å². The SMILES string of the molecule is Cc1cccc(N2CCN(C(=O)C3CCN(S(=O)(=O)c4c(C)noc4/C=C/c4c(C)cc(C)cc4C)CC3)C[C@H]2C)c1. The number of hydrogen-bond donors (Lipinski definition) is 0. The molecule has 0 aliphatic carbocycles. The largest absolute Gasteiger partial charge is 0.365 e. The fourth-order valence-corrected chi connectivity index (χ4v) is 8.21. The van der Waals surface area contributed by atoms with Gasteiger partial charge in [0.1, 0.15) is 5.69 Å². The fraction of sp³-hybridized carbons (Fsp3) is 0.455. The second kappa shape index (κ2) is 12.1. The van der Waals surface area contributed by atoms with Crippen LogP contribution in [0.25, 0.3) is 12.2 Å². The van der Waals surface area contributed by atoms with Crippen molar-refractivity contribution in [1.29, 1.82) is 0 Å². The molecule has 0 spiro atoms. The summed E-state index contributed by atoms with van der Waals surface area (Å²) in [4.78, 5) is 17.9. The van der Waals surface area contributed by atoms with Crippen LogP contribution in [0.4, 0.5) is 5.69 Å². The standard InChI is InChI=1S/C33H42N4O4S/c1-22-8-7-9-29(20-22)37-17-16-35(21-26(37)5)33(38)28-12-14-36(15-13-28)42(39,40)32-27(6)34-41-31(32)11-10-30-24(3)18-23(2)19-25(30)4/h7-11,18-20,26,28H,12-17,21H2,1-6H3/b11-10+/t26-/m1/s1. The Morgan fingerprint density at radius 1 is 0.929 bits per heavy atom. The van der Waals surface area contributed by atoms with Gasteiger partial charge in [-0.05, 0) is 94.8 Å². The number of aryl methyl sites for hydroxylation is 5. The predicted molar refractivity (Wildman–Crippen MR) is 167 cm³/mol. The third-order valence-corrected chi connectivity index (χ3v) is 10.7. The molecule has 0 saturated carbocycles. The van der Waals surface area contributed by atoms with E-state index in [9.17, 15) is 13.2 Å². The molecule has 3 aromatic rings. The number of hydrogen-bond acceptors (Lipinski definition) is 6. The molecule has 42 heavy (non-hydrogen) atoms. The topological polar surface area (TPSA) is 87.0 Å². The van der Waals surface area contributed by atoms with Gasteiger partial charge in [0.25, 0.3) is 0 Å². The molecule has 2 fully saturated rings. The van der Waals surface area contributed by atoms with Crippen molar-refractivity contribution in [1.82, 2.24) is 14.4 Å². The number of piperazine rings is 1. The Labute approximate surface area is 250 Å². The second-order valence-corrected chi connectivity index (χ2v) is 13.8. The molecule has 1 atom stereocenters. The van der Waals surface area contributed by atoms with Gasteiger partial charge >= 0.3 is 0 Å². The summed E-state index contributed by atoms with van der Waals surface area (Å²) >= 11 is 0. The van der Waals surface area contributed by atoms with Crippen LogP contribution in [0, 0.1) is 40.5 Å². The Bertz CT molecular complexity index is 1580. The summed E-state index contributed by atoms with van der Waals surface area (Å²) in [7, 11) is -3.84. The highest BCUT2D eigenvalue weighted by molar-refractivity contribution is 7.89. The Hall–Kier alpha value is -3.43. The van der Waals surface area contributed by atoms with Crippen LogP contribution in [0.15, 0.2) is 45.8 Å². The molecule has 2 aromatic carbocycles. The molecule has 0 unspecified atom stereocenters. The number of sulfonamides is 1. The number of piperidine rings is 1. The quantitative estimate of drug-likeness (QED) is 0.376. The molecule has 2 aliphatic heterocycles. The average Bonchev–Trinajstić information content (AvgIpc) is 3.33. The van der Waals surface area contributed by atoms with Gasteiger partial charge in [-0.25, -0.2) is 8.42 Å². The Morgan fingerprint density at radius 3 is 2.26 bits per heavy atom. The van der Waals surface area contributed by atoms with Crippen molar-refractivity contribution >= 4 is 33.8 Å². The van der Waals surface area contributed by atoms with Gasteiger partial charge < -0.3 is 14.3 Å². The molecular formula is C33H42N4O4S. The molecule has 8 nitrogen and oxygen atoms in total.